The highest BCUT2D eigenvalue weighted by atomic mass is 16.5. The largest absolute Gasteiger partial charge is 0.493 e. The number of hydrogen-bond acceptors (Lipinski definition) is 4. The molecule has 0 amide bonds. The minimum absolute atomic E-state index is 0.648. The molecule has 1 heterocycles. The molecule has 4 heteroatoms. The van der Waals surface area contributed by atoms with Gasteiger partial charge in [0.15, 0.2) is 11.3 Å². The Labute approximate surface area is 101 Å². The van der Waals surface area contributed by atoms with Crippen molar-refractivity contribution in [3.63, 3.8) is 0 Å². The summed E-state index contributed by atoms with van der Waals surface area (Å²) in [6.07, 6.45) is 0. The molecule has 0 unspecified atom stereocenters. The molecule has 0 saturated carbocycles. The van der Waals surface area contributed by atoms with Crippen molar-refractivity contribution in [1.82, 2.24) is 4.90 Å². The second kappa shape index (κ2) is 4.67. The molecule has 4 nitrogen and oxygen atoms in total. The number of hydrogen-bond donors (Lipinski definition) is 0. The van der Waals surface area contributed by atoms with Gasteiger partial charge in [0, 0.05) is 5.39 Å². The second-order valence-corrected chi connectivity index (χ2v) is 4.17. The van der Waals surface area contributed by atoms with Gasteiger partial charge in [0.1, 0.15) is 5.76 Å². The van der Waals surface area contributed by atoms with Crippen molar-refractivity contribution >= 4 is 11.0 Å². The van der Waals surface area contributed by atoms with Crippen LogP contribution in [0, 0.1) is 0 Å². The van der Waals surface area contributed by atoms with E-state index < -0.39 is 0 Å². The zero-order valence-electron chi connectivity index (χ0n) is 10.6. The first-order valence-corrected chi connectivity index (χ1v) is 5.44. The second-order valence-electron chi connectivity index (χ2n) is 4.17. The SMILES string of the molecule is COc1ccc2cc(CN(C)C)oc2c1OC. The summed E-state index contributed by atoms with van der Waals surface area (Å²) < 4.78 is 16.4. The predicted octanol–water partition coefficient (Wildman–Crippen LogP) is 2.51. The summed E-state index contributed by atoms with van der Waals surface area (Å²) in [5.41, 5.74) is 0.740. The van der Waals surface area contributed by atoms with Crippen LogP contribution in [0.2, 0.25) is 0 Å². The molecule has 0 radical (unpaired) electrons. The van der Waals surface area contributed by atoms with E-state index in [9.17, 15) is 0 Å². The van der Waals surface area contributed by atoms with E-state index in [1.165, 1.54) is 0 Å². The van der Waals surface area contributed by atoms with Gasteiger partial charge in [-0.3, -0.25) is 0 Å². The molecule has 1 aromatic heterocycles. The zero-order valence-corrected chi connectivity index (χ0v) is 10.6. The third-order valence-corrected chi connectivity index (χ3v) is 2.55. The van der Waals surface area contributed by atoms with Crippen LogP contribution in [-0.2, 0) is 6.54 Å². The quantitative estimate of drug-likeness (QED) is 0.815. The van der Waals surface area contributed by atoms with Gasteiger partial charge in [0.25, 0.3) is 0 Å². The molecule has 0 aliphatic carbocycles. The maximum atomic E-state index is 5.80. The number of furan rings is 1. The van der Waals surface area contributed by atoms with E-state index >= 15 is 0 Å². The Morgan fingerprint density at radius 2 is 1.94 bits per heavy atom. The number of fused-ring (bicyclic) bond motifs is 1. The van der Waals surface area contributed by atoms with Crippen LogP contribution in [0.25, 0.3) is 11.0 Å². The van der Waals surface area contributed by atoms with Gasteiger partial charge in [-0.15, -0.1) is 0 Å². The molecule has 17 heavy (non-hydrogen) atoms. The molecule has 0 aliphatic rings. The minimum atomic E-state index is 0.648. The topological polar surface area (TPSA) is 34.8 Å². The van der Waals surface area contributed by atoms with Crippen LogP contribution < -0.4 is 9.47 Å². The Morgan fingerprint density at radius 1 is 1.18 bits per heavy atom. The number of benzene rings is 1. The predicted molar refractivity (Wildman–Crippen MR) is 66.7 cm³/mol. The molecule has 1 aromatic carbocycles. The zero-order chi connectivity index (χ0) is 12.4. The van der Waals surface area contributed by atoms with E-state index in [2.05, 4.69) is 4.90 Å². The fraction of sp³-hybridized carbons (Fsp3) is 0.385. The Balaban J connectivity index is 2.52. The van der Waals surface area contributed by atoms with Gasteiger partial charge >= 0.3 is 0 Å². The van der Waals surface area contributed by atoms with Crippen molar-refractivity contribution in [2.45, 2.75) is 6.54 Å². The summed E-state index contributed by atoms with van der Waals surface area (Å²) in [5, 5.41) is 1.03. The Hall–Kier alpha value is -1.68. The highest BCUT2D eigenvalue weighted by Gasteiger charge is 2.14. The molecule has 0 fully saturated rings. The molecule has 0 atom stereocenters. The number of nitrogens with zero attached hydrogens (tertiary/aromatic N) is 1. The number of rotatable bonds is 4. The lowest BCUT2D eigenvalue weighted by molar-refractivity contribution is 0.341. The Bertz CT molecular complexity index is 517. The van der Waals surface area contributed by atoms with E-state index in [1.54, 1.807) is 14.2 Å². The van der Waals surface area contributed by atoms with Crippen molar-refractivity contribution < 1.29 is 13.9 Å². The summed E-state index contributed by atoms with van der Waals surface area (Å²) in [6, 6.07) is 5.88. The fourth-order valence-electron chi connectivity index (χ4n) is 1.86. The van der Waals surface area contributed by atoms with Crippen LogP contribution in [0.1, 0.15) is 5.76 Å². The third kappa shape index (κ3) is 2.22. The lowest BCUT2D eigenvalue weighted by Gasteiger charge is -2.07. The molecule has 0 saturated heterocycles. The van der Waals surface area contributed by atoms with Gasteiger partial charge < -0.3 is 18.8 Å². The Kier molecular flexibility index (Phi) is 3.24. The van der Waals surface area contributed by atoms with Crippen molar-refractivity contribution in [3.05, 3.63) is 24.0 Å². The van der Waals surface area contributed by atoms with E-state index in [-0.39, 0.29) is 0 Å². The van der Waals surface area contributed by atoms with Gasteiger partial charge in [-0.05, 0) is 32.3 Å². The van der Waals surface area contributed by atoms with E-state index in [1.807, 2.05) is 32.3 Å². The van der Waals surface area contributed by atoms with Crippen LogP contribution in [0.4, 0.5) is 0 Å². The molecule has 92 valence electrons. The summed E-state index contributed by atoms with van der Waals surface area (Å²) >= 11 is 0. The maximum absolute atomic E-state index is 5.80. The molecular weight excluding hydrogens is 218 g/mol. The monoisotopic (exact) mass is 235 g/mol. The first-order chi connectivity index (χ1) is 8.15. The highest BCUT2D eigenvalue weighted by molar-refractivity contribution is 5.86. The van der Waals surface area contributed by atoms with Crippen molar-refractivity contribution in [2.24, 2.45) is 0 Å². The fourth-order valence-corrected chi connectivity index (χ4v) is 1.86. The van der Waals surface area contributed by atoms with Crippen LogP contribution in [0.5, 0.6) is 11.5 Å². The first kappa shape index (κ1) is 11.8. The van der Waals surface area contributed by atoms with E-state index in [0.29, 0.717) is 11.5 Å². The van der Waals surface area contributed by atoms with Crippen LogP contribution in [-0.4, -0.2) is 33.2 Å². The maximum Gasteiger partial charge on any atom is 0.204 e. The van der Waals surface area contributed by atoms with Gasteiger partial charge in [-0.25, -0.2) is 0 Å². The van der Waals surface area contributed by atoms with E-state index in [4.69, 9.17) is 13.9 Å². The van der Waals surface area contributed by atoms with Gasteiger partial charge in [-0.2, -0.15) is 0 Å². The van der Waals surface area contributed by atoms with Crippen molar-refractivity contribution in [1.29, 1.82) is 0 Å². The third-order valence-electron chi connectivity index (χ3n) is 2.55. The summed E-state index contributed by atoms with van der Waals surface area (Å²) in [5.74, 6) is 2.25. The molecule has 2 rings (SSSR count). The average Bonchev–Trinajstić information content (AvgIpc) is 2.68. The average molecular weight is 235 g/mol. The van der Waals surface area contributed by atoms with Crippen molar-refractivity contribution in [3.8, 4) is 11.5 Å². The van der Waals surface area contributed by atoms with Crippen molar-refractivity contribution in [2.75, 3.05) is 28.3 Å². The van der Waals surface area contributed by atoms with Crippen LogP contribution >= 0.6 is 0 Å². The molecule has 0 bridgehead atoms. The first-order valence-electron chi connectivity index (χ1n) is 5.44. The normalized spacial score (nSPS) is 11.1. The standard InChI is InChI=1S/C13H17NO3/c1-14(2)8-10-7-9-5-6-11(15-3)13(16-4)12(9)17-10/h5-7H,8H2,1-4H3. The number of methoxy groups -OCH3 is 2. The summed E-state index contributed by atoms with van der Waals surface area (Å²) in [6.45, 7) is 0.764. The van der Waals surface area contributed by atoms with Gasteiger partial charge in [0.05, 0.1) is 20.8 Å². The summed E-state index contributed by atoms with van der Waals surface area (Å²) in [4.78, 5) is 2.06. The molecule has 0 spiro atoms. The molecule has 0 aliphatic heterocycles. The van der Waals surface area contributed by atoms with Crippen LogP contribution in [0.15, 0.2) is 22.6 Å². The lowest BCUT2D eigenvalue weighted by Crippen LogP contribution is -2.09. The molecular formula is C13H17NO3. The lowest BCUT2D eigenvalue weighted by atomic mass is 10.2. The number of ether oxygens (including phenoxy) is 2. The van der Waals surface area contributed by atoms with Gasteiger partial charge in [-0.1, -0.05) is 0 Å². The molecule has 0 N–H and O–H groups in total. The van der Waals surface area contributed by atoms with E-state index in [0.717, 1.165) is 23.3 Å². The Morgan fingerprint density at radius 3 is 2.53 bits per heavy atom. The minimum Gasteiger partial charge on any atom is -0.493 e. The smallest absolute Gasteiger partial charge is 0.204 e. The van der Waals surface area contributed by atoms with Gasteiger partial charge in [0.2, 0.25) is 5.75 Å². The molecule has 2 aromatic rings. The highest BCUT2D eigenvalue weighted by Crippen LogP contribution is 2.37. The summed E-state index contributed by atoms with van der Waals surface area (Å²) in [7, 11) is 7.24. The van der Waals surface area contributed by atoms with Crippen LogP contribution in [0.3, 0.4) is 0 Å².